The first kappa shape index (κ1) is 25.1. The number of methoxy groups -OCH3 is 1. The summed E-state index contributed by atoms with van der Waals surface area (Å²) in [7, 11) is 1.47. The van der Waals surface area contributed by atoms with Crippen LogP contribution in [0.4, 0.5) is 11.4 Å². The molecule has 35 heavy (non-hydrogen) atoms. The molecule has 2 N–H and O–H groups in total. The van der Waals surface area contributed by atoms with Gasteiger partial charge in [0.2, 0.25) is 0 Å². The Kier molecular flexibility index (Phi) is 8.25. The molecular formula is C28H27N3O4. The van der Waals surface area contributed by atoms with Crippen molar-refractivity contribution in [3.05, 3.63) is 88.5 Å². The highest BCUT2D eigenvalue weighted by Crippen LogP contribution is 2.29. The zero-order valence-corrected chi connectivity index (χ0v) is 20.1. The fourth-order valence-electron chi connectivity index (χ4n) is 3.33. The largest absolute Gasteiger partial charge is 0.493 e. The van der Waals surface area contributed by atoms with Crippen molar-refractivity contribution in [2.45, 2.75) is 20.8 Å². The molecule has 3 aromatic carbocycles. The molecule has 0 spiro atoms. The van der Waals surface area contributed by atoms with E-state index in [1.165, 1.54) is 13.2 Å². The molecule has 178 valence electrons. The molecule has 0 fully saturated rings. The molecule has 7 nitrogen and oxygen atoms in total. The number of nitrogens with zero attached hydrogens (tertiary/aromatic N) is 1. The number of carbonyl (C=O) groups excluding carboxylic acids is 2. The van der Waals surface area contributed by atoms with Crippen molar-refractivity contribution >= 4 is 29.3 Å². The first-order valence-electron chi connectivity index (χ1n) is 11.0. The third-order valence-corrected chi connectivity index (χ3v) is 5.19. The molecule has 0 radical (unpaired) electrons. The van der Waals surface area contributed by atoms with Gasteiger partial charge in [0.25, 0.3) is 11.8 Å². The highest BCUT2D eigenvalue weighted by Gasteiger charge is 2.13. The summed E-state index contributed by atoms with van der Waals surface area (Å²) in [5, 5.41) is 15.0. The second-order valence-electron chi connectivity index (χ2n) is 8.06. The lowest BCUT2D eigenvalue weighted by molar-refractivity contribution is -0.118. The van der Waals surface area contributed by atoms with Crippen LogP contribution in [0.3, 0.4) is 0 Å². The number of hydrogen-bond acceptors (Lipinski definition) is 5. The maximum atomic E-state index is 12.5. The molecule has 0 unspecified atom stereocenters. The van der Waals surface area contributed by atoms with Crippen LogP contribution in [0.2, 0.25) is 0 Å². The lowest BCUT2D eigenvalue weighted by atomic mass is 10.1. The van der Waals surface area contributed by atoms with Gasteiger partial charge in [0, 0.05) is 11.4 Å². The number of rotatable bonds is 8. The summed E-state index contributed by atoms with van der Waals surface area (Å²) in [4.78, 5) is 24.9. The van der Waals surface area contributed by atoms with Crippen molar-refractivity contribution in [1.82, 2.24) is 0 Å². The van der Waals surface area contributed by atoms with E-state index in [1.54, 1.807) is 30.3 Å². The van der Waals surface area contributed by atoms with E-state index in [-0.39, 0.29) is 18.1 Å². The summed E-state index contributed by atoms with van der Waals surface area (Å²) in [5.41, 5.74) is 4.98. The number of benzene rings is 3. The standard InChI is InChI=1S/C28H27N3O4/c1-18-5-9-23(10-6-18)30-28(33)22(16-29)14-21-8-12-25(26(15-21)34-4)35-17-27(32)31-24-11-7-19(2)13-20(24)3/h5-15H,17H2,1-4H3,(H,30,33)(H,31,32)/b22-14-. The zero-order valence-electron chi connectivity index (χ0n) is 20.1. The van der Waals surface area contributed by atoms with Crippen LogP contribution in [0, 0.1) is 32.1 Å². The van der Waals surface area contributed by atoms with Crippen LogP contribution in [-0.4, -0.2) is 25.5 Å². The Hall–Kier alpha value is -4.57. The molecule has 3 aromatic rings. The number of nitriles is 1. The van der Waals surface area contributed by atoms with E-state index in [9.17, 15) is 14.9 Å². The van der Waals surface area contributed by atoms with Crippen LogP contribution in [0.15, 0.2) is 66.2 Å². The molecular weight excluding hydrogens is 442 g/mol. The van der Waals surface area contributed by atoms with Crippen molar-refractivity contribution in [1.29, 1.82) is 5.26 Å². The minimum atomic E-state index is -0.515. The number of aryl methyl sites for hydroxylation is 3. The zero-order chi connectivity index (χ0) is 25.4. The van der Waals surface area contributed by atoms with Crippen LogP contribution in [0.1, 0.15) is 22.3 Å². The van der Waals surface area contributed by atoms with Gasteiger partial charge in [-0.3, -0.25) is 9.59 Å². The first-order chi connectivity index (χ1) is 16.8. The Labute approximate surface area is 205 Å². The van der Waals surface area contributed by atoms with Crippen LogP contribution in [0.25, 0.3) is 6.08 Å². The van der Waals surface area contributed by atoms with Crippen molar-refractivity contribution in [2.75, 3.05) is 24.4 Å². The van der Waals surface area contributed by atoms with Gasteiger partial charge in [-0.15, -0.1) is 0 Å². The smallest absolute Gasteiger partial charge is 0.266 e. The van der Waals surface area contributed by atoms with Crippen molar-refractivity contribution < 1.29 is 19.1 Å². The first-order valence-corrected chi connectivity index (χ1v) is 11.0. The van der Waals surface area contributed by atoms with Crippen molar-refractivity contribution in [2.24, 2.45) is 0 Å². The molecule has 0 aromatic heterocycles. The number of carbonyl (C=O) groups is 2. The fraction of sp³-hybridized carbons (Fsp3) is 0.179. The van der Waals surface area contributed by atoms with Gasteiger partial charge in [-0.1, -0.05) is 41.5 Å². The van der Waals surface area contributed by atoms with Gasteiger partial charge in [0.05, 0.1) is 7.11 Å². The third-order valence-electron chi connectivity index (χ3n) is 5.19. The summed E-state index contributed by atoms with van der Waals surface area (Å²) in [6.45, 7) is 5.66. The predicted molar refractivity (Wildman–Crippen MR) is 136 cm³/mol. The lowest BCUT2D eigenvalue weighted by Gasteiger charge is -2.13. The van der Waals surface area contributed by atoms with E-state index in [1.807, 2.05) is 57.2 Å². The Morgan fingerprint density at radius 3 is 2.29 bits per heavy atom. The third kappa shape index (κ3) is 6.95. The van der Waals surface area contributed by atoms with Gasteiger partial charge in [0.15, 0.2) is 18.1 Å². The van der Waals surface area contributed by atoms with E-state index in [0.717, 1.165) is 22.4 Å². The summed E-state index contributed by atoms with van der Waals surface area (Å²) in [6.07, 6.45) is 1.46. The second-order valence-corrected chi connectivity index (χ2v) is 8.06. The predicted octanol–water partition coefficient (Wildman–Crippen LogP) is 5.18. The highest BCUT2D eigenvalue weighted by molar-refractivity contribution is 6.09. The molecule has 0 saturated carbocycles. The van der Waals surface area contributed by atoms with Crippen LogP contribution < -0.4 is 20.1 Å². The molecule has 3 rings (SSSR count). The molecule has 0 aliphatic carbocycles. The minimum absolute atomic E-state index is 0.0610. The van der Waals surface area contributed by atoms with Crippen LogP contribution in [0.5, 0.6) is 11.5 Å². The molecule has 0 atom stereocenters. The Balaban J connectivity index is 1.67. The monoisotopic (exact) mass is 469 g/mol. The van der Waals surface area contributed by atoms with Gasteiger partial charge < -0.3 is 20.1 Å². The molecule has 7 heteroatoms. The molecule has 0 aliphatic heterocycles. The van der Waals surface area contributed by atoms with Gasteiger partial charge >= 0.3 is 0 Å². The van der Waals surface area contributed by atoms with E-state index in [4.69, 9.17) is 9.47 Å². The average molecular weight is 470 g/mol. The quantitative estimate of drug-likeness (QED) is 0.350. The Morgan fingerprint density at radius 1 is 0.914 bits per heavy atom. The normalized spacial score (nSPS) is 10.8. The average Bonchev–Trinajstić information content (AvgIpc) is 2.84. The van der Waals surface area contributed by atoms with Gasteiger partial charge in [-0.25, -0.2) is 0 Å². The minimum Gasteiger partial charge on any atom is -0.493 e. The number of hydrogen-bond donors (Lipinski definition) is 2. The summed E-state index contributed by atoms with van der Waals surface area (Å²) >= 11 is 0. The lowest BCUT2D eigenvalue weighted by Crippen LogP contribution is -2.20. The second kappa shape index (κ2) is 11.5. The maximum Gasteiger partial charge on any atom is 0.266 e. The van der Waals surface area contributed by atoms with Crippen LogP contribution in [-0.2, 0) is 9.59 Å². The van der Waals surface area contributed by atoms with Crippen LogP contribution >= 0.6 is 0 Å². The van der Waals surface area contributed by atoms with E-state index in [2.05, 4.69) is 10.6 Å². The van der Waals surface area contributed by atoms with Gasteiger partial charge in [0.1, 0.15) is 11.6 Å². The number of nitrogens with one attached hydrogen (secondary N) is 2. The number of amides is 2. The van der Waals surface area contributed by atoms with E-state index >= 15 is 0 Å². The fourth-order valence-corrected chi connectivity index (χ4v) is 3.33. The molecule has 0 bridgehead atoms. The SMILES string of the molecule is COc1cc(/C=C(/C#N)C(=O)Nc2ccc(C)cc2)ccc1OCC(=O)Nc1ccc(C)cc1C. The van der Waals surface area contributed by atoms with Gasteiger partial charge in [-0.2, -0.15) is 5.26 Å². The maximum absolute atomic E-state index is 12.5. The van der Waals surface area contributed by atoms with E-state index < -0.39 is 5.91 Å². The van der Waals surface area contributed by atoms with E-state index in [0.29, 0.717) is 22.7 Å². The van der Waals surface area contributed by atoms with Gasteiger partial charge in [-0.05, 0) is 68.3 Å². The molecule has 0 aliphatic rings. The summed E-state index contributed by atoms with van der Waals surface area (Å²) in [6, 6.07) is 19.9. The van der Waals surface area contributed by atoms with Crippen molar-refractivity contribution in [3.63, 3.8) is 0 Å². The molecule has 2 amide bonds. The summed E-state index contributed by atoms with van der Waals surface area (Å²) < 4.78 is 11.0. The number of anilines is 2. The Morgan fingerprint density at radius 2 is 1.63 bits per heavy atom. The van der Waals surface area contributed by atoms with Crippen molar-refractivity contribution in [3.8, 4) is 17.6 Å². The molecule has 0 heterocycles. The Bertz CT molecular complexity index is 1300. The topological polar surface area (TPSA) is 100 Å². The number of ether oxygens (including phenoxy) is 2. The molecule has 0 saturated heterocycles. The summed E-state index contributed by atoms with van der Waals surface area (Å²) in [5.74, 6) is -0.0846. The highest BCUT2D eigenvalue weighted by atomic mass is 16.5.